The smallest absolute Gasteiger partial charge is 0.206 e. The Balaban J connectivity index is 1.92. The molecule has 0 aliphatic rings. The third-order valence-corrected chi connectivity index (χ3v) is 5.67. The summed E-state index contributed by atoms with van der Waals surface area (Å²) in [7, 11) is -3.54. The number of nitrogens with one attached hydrogen (secondary N) is 1. The number of rotatable bonds is 4. The van der Waals surface area contributed by atoms with Gasteiger partial charge in [0.05, 0.1) is 9.79 Å². The van der Waals surface area contributed by atoms with Gasteiger partial charge in [-0.3, -0.25) is 5.84 Å². The van der Waals surface area contributed by atoms with Gasteiger partial charge >= 0.3 is 0 Å². The summed E-state index contributed by atoms with van der Waals surface area (Å²) in [4.78, 5) is 0.511. The zero-order chi connectivity index (χ0) is 17.2. The fourth-order valence-electron chi connectivity index (χ4n) is 2.44. The van der Waals surface area contributed by atoms with Crippen molar-refractivity contribution < 1.29 is 8.42 Å². The van der Waals surface area contributed by atoms with E-state index >= 15 is 0 Å². The Labute approximate surface area is 141 Å². The summed E-state index contributed by atoms with van der Waals surface area (Å²) in [6.07, 6.45) is 0. The summed E-state index contributed by atoms with van der Waals surface area (Å²) in [5, 5.41) is 0. The van der Waals surface area contributed by atoms with Crippen LogP contribution in [0.4, 0.5) is 5.69 Å². The van der Waals surface area contributed by atoms with Gasteiger partial charge in [-0.25, -0.2) is 8.42 Å². The Morgan fingerprint density at radius 3 is 1.58 bits per heavy atom. The van der Waals surface area contributed by atoms with Crippen molar-refractivity contribution in [2.75, 3.05) is 5.43 Å². The maximum absolute atomic E-state index is 12.7. The molecule has 4 nitrogen and oxygen atoms in total. The first-order valence-corrected chi connectivity index (χ1v) is 8.98. The van der Waals surface area contributed by atoms with Crippen molar-refractivity contribution in [2.24, 2.45) is 5.84 Å². The molecule has 0 fully saturated rings. The average molecular weight is 338 g/mol. The molecular weight excluding hydrogens is 320 g/mol. The zero-order valence-corrected chi connectivity index (χ0v) is 14.0. The van der Waals surface area contributed by atoms with Crippen LogP contribution in [0.2, 0.25) is 0 Å². The Hall–Kier alpha value is -2.63. The van der Waals surface area contributed by atoms with E-state index in [4.69, 9.17) is 5.84 Å². The highest BCUT2D eigenvalue weighted by molar-refractivity contribution is 7.91. The monoisotopic (exact) mass is 338 g/mol. The Morgan fingerprint density at radius 1 is 0.708 bits per heavy atom. The molecule has 0 aromatic heterocycles. The predicted molar refractivity (Wildman–Crippen MR) is 96.3 cm³/mol. The van der Waals surface area contributed by atoms with Crippen LogP contribution in [0.5, 0.6) is 0 Å². The molecule has 24 heavy (non-hydrogen) atoms. The molecule has 0 saturated heterocycles. The second-order valence-corrected chi connectivity index (χ2v) is 7.51. The summed E-state index contributed by atoms with van der Waals surface area (Å²) >= 11 is 0. The number of sulfone groups is 1. The second-order valence-electron chi connectivity index (χ2n) is 5.56. The third kappa shape index (κ3) is 3.18. The number of benzene rings is 3. The molecule has 0 aliphatic heterocycles. The van der Waals surface area contributed by atoms with Crippen LogP contribution < -0.4 is 11.3 Å². The standard InChI is InChI=1S/C19H18N2O2S/c1-14-2-4-15(5-3-14)16-6-10-18(11-7-16)24(22,23)19-12-8-17(21-20)9-13-19/h2-13,21H,20H2,1H3. The van der Waals surface area contributed by atoms with Crippen molar-refractivity contribution in [1.29, 1.82) is 0 Å². The number of hydrogen-bond acceptors (Lipinski definition) is 4. The summed E-state index contributed by atoms with van der Waals surface area (Å²) in [5.41, 5.74) is 6.37. The Bertz CT molecular complexity index is 930. The number of hydrazine groups is 1. The number of aryl methyl sites for hydroxylation is 1. The summed E-state index contributed by atoms with van der Waals surface area (Å²) in [5.74, 6) is 5.30. The van der Waals surface area contributed by atoms with Crippen LogP contribution in [-0.4, -0.2) is 8.42 Å². The van der Waals surface area contributed by atoms with Crippen LogP contribution in [0.25, 0.3) is 11.1 Å². The van der Waals surface area contributed by atoms with Crippen molar-refractivity contribution >= 4 is 15.5 Å². The van der Waals surface area contributed by atoms with Crippen molar-refractivity contribution in [2.45, 2.75) is 16.7 Å². The van der Waals surface area contributed by atoms with Crippen LogP contribution in [-0.2, 0) is 9.84 Å². The SMILES string of the molecule is Cc1ccc(-c2ccc(S(=O)(=O)c3ccc(NN)cc3)cc2)cc1. The van der Waals surface area contributed by atoms with Gasteiger partial charge in [0.2, 0.25) is 9.84 Å². The summed E-state index contributed by atoms with van der Waals surface area (Å²) in [6, 6.07) is 21.4. The van der Waals surface area contributed by atoms with Gasteiger partial charge in [0.1, 0.15) is 0 Å². The second kappa shape index (κ2) is 6.47. The predicted octanol–water partition coefficient (Wildman–Crippen LogP) is 3.78. The van der Waals surface area contributed by atoms with E-state index in [2.05, 4.69) is 5.43 Å². The molecule has 3 N–H and O–H groups in total. The van der Waals surface area contributed by atoms with E-state index in [9.17, 15) is 8.42 Å². The van der Waals surface area contributed by atoms with Gasteiger partial charge in [0.25, 0.3) is 0 Å². The fourth-order valence-corrected chi connectivity index (χ4v) is 3.70. The maximum atomic E-state index is 12.7. The quantitative estimate of drug-likeness (QED) is 0.561. The van der Waals surface area contributed by atoms with E-state index in [-0.39, 0.29) is 9.79 Å². The highest BCUT2D eigenvalue weighted by Crippen LogP contribution is 2.26. The largest absolute Gasteiger partial charge is 0.324 e. The van der Waals surface area contributed by atoms with Gasteiger partial charge < -0.3 is 5.43 Å². The van der Waals surface area contributed by atoms with Gasteiger partial charge in [-0.2, -0.15) is 0 Å². The number of anilines is 1. The van der Waals surface area contributed by atoms with E-state index in [1.54, 1.807) is 36.4 Å². The van der Waals surface area contributed by atoms with Crippen molar-refractivity contribution in [3.05, 3.63) is 78.4 Å². The van der Waals surface area contributed by atoms with E-state index in [0.29, 0.717) is 5.69 Å². The molecule has 0 radical (unpaired) electrons. The number of hydrogen-bond donors (Lipinski definition) is 2. The first kappa shape index (κ1) is 16.2. The summed E-state index contributed by atoms with van der Waals surface area (Å²) < 4.78 is 25.3. The zero-order valence-electron chi connectivity index (χ0n) is 13.2. The van der Waals surface area contributed by atoms with Crippen molar-refractivity contribution in [3.63, 3.8) is 0 Å². The van der Waals surface area contributed by atoms with Crippen LogP contribution in [0, 0.1) is 6.92 Å². The van der Waals surface area contributed by atoms with Crippen molar-refractivity contribution in [1.82, 2.24) is 0 Å². The molecule has 0 saturated carbocycles. The Kier molecular flexibility index (Phi) is 4.38. The molecule has 0 bridgehead atoms. The molecule has 0 amide bonds. The molecule has 122 valence electrons. The van der Waals surface area contributed by atoms with E-state index in [0.717, 1.165) is 11.1 Å². The number of nitrogens with two attached hydrogens (primary N) is 1. The van der Waals surface area contributed by atoms with Crippen molar-refractivity contribution in [3.8, 4) is 11.1 Å². The normalized spacial score (nSPS) is 11.2. The minimum absolute atomic E-state index is 0.240. The highest BCUT2D eigenvalue weighted by atomic mass is 32.2. The molecule has 3 rings (SSSR count). The van der Waals surface area contributed by atoms with E-state index in [1.807, 2.05) is 43.3 Å². The average Bonchev–Trinajstić information content (AvgIpc) is 2.62. The van der Waals surface area contributed by atoms with Gasteiger partial charge in [-0.1, -0.05) is 42.0 Å². The molecule has 0 unspecified atom stereocenters. The lowest BCUT2D eigenvalue weighted by atomic mass is 10.0. The highest BCUT2D eigenvalue weighted by Gasteiger charge is 2.17. The minimum Gasteiger partial charge on any atom is -0.324 e. The lowest BCUT2D eigenvalue weighted by Gasteiger charge is -2.08. The van der Waals surface area contributed by atoms with E-state index in [1.165, 1.54) is 5.56 Å². The molecule has 3 aromatic carbocycles. The molecule has 5 heteroatoms. The van der Waals surface area contributed by atoms with Gasteiger partial charge in [-0.05, 0) is 54.4 Å². The molecule has 0 atom stereocenters. The van der Waals surface area contributed by atoms with Gasteiger partial charge in [-0.15, -0.1) is 0 Å². The first-order valence-electron chi connectivity index (χ1n) is 7.49. The minimum atomic E-state index is -3.54. The van der Waals surface area contributed by atoms with Crippen LogP contribution in [0.15, 0.2) is 82.6 Å². The molecule has 0 aliphatic carbocycles. The Morgan fingerprint density at radius 2 is 1.12 bits per heavy atom. The topological polar surface area (TPSA) is 72.2 Å². The lowest BCUT2D eigenvalue weighted by molar-refractivity contribution is 0.596. The van der Waals surface area contributed by atoms with Gasteiger partial charge in [0.15, 0.2) is 0 Å². The molecular formula is C19H18N2O2S. The lowest BCUT2D eigenvalue weighted by Crippen LogP contribution is -2.07. The third-order valence-electron chi connectivity index (χ3n) is 3.88. The van der Waals surface area contributed by atoms with Crippen LogP contribution in [0.3, 0.4) is 0 Å². The van der Waals surface area contributed by atoms with Crippen LogP contribution in [0.1, 0.15) is 5.56 Å². The maximum Gasteiger partial charge on any atom is 0.206 e. The molecule has 0 heterocycles. The summed E-state index contributed by atoms with van der Waals surface area (Å²) in [6.45, 7) is 2.03. The van der Waals surface area contributed by atoms with Crippen LogP contribution >= 0.6 is 0 Å². The molecule has 0 spiro atoms. The van der Waals surface area contributed by atoms with E-state index < -0.39 is 9.84 Å². The fraction of sp³-hybridized carbons (Fsp3) is 0.0526. The van der Waals surface area contributed by atoms with Gasteiger partial charge in [0, 0.05) is 5.69 Å². The molecule has 3 aromatic rings. The first-order chi connectivity index (χ1) is 11.5. The number of nitrogen functional groups attached to an aromatic ring is 1.